The fourth-order valence-corrected chi connectivity index (χ4v) is 4.64. The first-order valence-electron chi connectivity index (χ1n) is 7.91. The number of aliphatic carboxylic acids is 1. The van der Waals surface area contributed by atoms with Crippen molar-refractivity contribution in [1.29, 1.82) is 0 Å². The number of hydrogen-bond donors (Lipinski definition) is 2. The van der Waals surface area contributed by atoms with E-state index in [0.29, 0.717) is 31.8 Å². The number of hydrogen-bond acceptors (Lipinski definition) is 3. The van der Waals surface area contributed by atoms with Crippen LogP contribution in [-0.2, 0) is 4.79 Å². The molecule has 120 valence electrons. The zero-order chi connectivity index (χ0) is 15.3. The van der Waals surface area contributed by atoms with Gasteiger partial charge in [0.15, 0.2) is 0 Å². The molecule has 0 radical (unpaired) electrons. The molecule has 2 fully saturated rings. The maximum atomic E-state index is 12.3. The lowest BCUT2D eigenvalue weighted by molar-refractivity contribution is -0.152. The number of carbonyl (C=O) groups is 2. The van der Waals surface area contributed by atoms with E-state index in [1.807, 2.05) is 18.7 Å². The molecule has 21 heavy (non-hydrogen) atoms. The van der Waals surface area contributed by atoms with Crippen LogP contribution < -0.4 is 5.32 Å². The molecule has 2 atom stereocenters. The van der Waals surface area contributed by atoms with Crippen molar-refractivity contribution in [1.82, 2.24) is 10.2 Å². The van der Waals surface area contributed by atoms with E-state index in [-0.39, 0.29) is 6.03 Å². The van der Waals surface area contributed by atoms with Gasteiger partial charge in [-0.25, -0.2) is 4.79 Å². The number of piperidine rings is 1. The van der Waals surface area contributed by atoms with E-state index in [2.05, 4.69) is 5.32 Å². The second-order valence-corrected chi connectivity index (χ2v) is 7.43. The first-order chi connectivity index (χ1) is 10.1. The zero-order valence-corrected chi connectivity index (χ0v) is 13.6. The van der Waals surface area contributed by atoms with Crippen molar-refractivity contribution in [2.45, 2.75) is 39.0 Å². The summed E-state index contributed by atoms with van der Waals surface area (Å²) in [7, 11) is 0. The number of carbonyl (C=O) groups excluding carboxylic acids is 1. The van der Waals surface area contributed by atoms with Gasteiger partial charge in [-0.3, -0.25) is 4.79 Å². The fraction of sp³-hybridized carbons (Fsp3) is 0.867. The van der Waals surface area contributed by atoms with Gasteiger partial charge < -0.3 is 15.3 Å². The van der Waals surface area contributed by atoms with Crippen LogP contribution in [0, 0.1) is 11.3 Å². The van der Waals surface area contributed by atoms with Crippen molar-refractivity contribution in [3.8, 4) is 0 Å². The lowest BCUT2D eigenvalue weighted by Gasteiger charge is -2.40. The third-order valence-electron chi connectivity index (χ3n) is 4.61. The molecule has 2 saturated heterocycles. The van der Waals surface area contributed by atoms with E-state index in [1.54, 1.807) is 4.90 Å². The maximum absolute atomic E-state index is 12.3. The smallest absolute Gasteiger partial charge is 0.317 e. The molecule has 0 aromatic carbocycles. The lowest BCUT2D eigenvalue weighted by atomic mass is 9.76. The minimum absolute atomic E-state index is 0.0895. The topological polar surface area (TPSA) is 69.6 Å². The molecule has 2 aliphatic heterocycles. The van der Waals surface area contributed by atoms with Crippen LogP contribution in [-0.4, -0.2) is 53.1 Å². The summed E-state index contributed by atoms with van der Waals surface area (Å²) in [5, 5.41) is 12.6. The number of amides is 2. The number of thioether (sulfide) groups is 1. The molecule has 5 nitrogen and oxygen atoms in total. The minimum Gasteiger partial charge on any atom is -0.481 e. The van der Waals surface area contributed by atoms with E-state index in [0.717, 1.165) is 25.1 Å². The summed E-state index contributed by atoms with van der Waals surface area (Å²) in [4.78, 5) is 25.6. The molecule has 0 aliphatic carbocycles. The van der Waals surface area contributed by atoms with E-state index in [1.165, 1.54) is 12.2 Å². The first kappa shape index (κ1) is 16.5. The second-order valence-electron chi connectivity index (χ2n) is 6.28. The highest BCUT2D eigenvalue weighted by Gasteiger charge is 2.42. The lowest BCUT2D eigenvalue weighted by Crippen LogP contribution is -2.53. The molecule has 2 heterocycles. The predicted octanol–water partition coefficient (Wildman–Crippen LogP) is 2.42. The van der Waals surface area contributed by atoms with Crippen LogP contribution in [0.15, 0.2) is 0 Å². The number of carboxylic acids is 1. The largest absolute Gasteiger partial charge is 0.481 e. The van der Waals surface area contributed by atoms with Gasteiger partial charge in [-0.2, -0.15) is 11.8 Å². The number of nitrogens with zero attached hydrogens (tertiary/aromatic N) is 1. The van der Waals surface area contributed by atoms with Crippen LogP contribution in [0.5, 0.6) is 0 Å². The molecule has 2 amide bonds. The van der Waals surface area contributed by atoms with Gasteiger partial charge in [0.2, 0.25) is 0 Å². The third-order valence-corrected chi connectivity index (χ3v) is 5.84. The molecular weight excluding hydrogens is 288 g/mol. The Balaban J connectivity index is 1.89. The number of nitrogens with one attached hydrogen (secondary N) is 1. The summed E-state index contributed by atoms with van der Waals surface area (Å²) >= 11 is 1.94. The standard InChI is InChI=1S/C15H26N2O3S/c1-2-5-15(13(18)19)6-3-7-17(11-15)14(20)16-9-12-4-8-21-10-12/h12H,2-11H2,1H3,(H,16,20)(H,18,19). The molecule has 6 heteroatoms. The Hall–Kier alpha value is -0.910. The Kier molecular flexibility index (Phi) is 5.79. The average Bonchev–Trinajstić information content (AvgIpc) is 2.98. The van der Waals surface area contributed by atoms with Crippen molar-refractivity contribution >= 4 is 23.8 Å². The summed E-state index contributed by atoms with van der Waals surface area (Å²) in [5.74, 6) is 2.12. The highest BCUT2D eigenvalue weighted by Crippen LogP contribution is 2.35. The Morgan fingerprint density at radius 2 is 2.29 bits per heavy atom. The summed E-state index contributed by atoms with van der Waals surface area (Å²) in [6.45, 7) is 3.74. The molecule has 0 aromatic heterocycles. The molecule has 0 spiro atoms. The third kappa shape index (κ3) is 4.05. The van der Waals surface area contributed by atoms with Crippen molar-refractivity contribution < 1.29 is 14.7 Å². The molecule has 2 rings (SSSR count). The predicted molar refractivity (Wildman–Crippen MR) is 84.6 cm³/mol. The minimum atomic E-state index is -0.756. The highest BCUT2D eigenvalue weighted by atomic mass is 32.2. The highest BCUT2D eigenvalue weighted by molar-refractivity contribution is 7.99. The molecule has 0 bridgehead atoms. The summed E-state index contributed by atoms with van der Waals surface area (Å²) in [6, 6.07) is -0.0895. The van der Waals surface area contributed by atoms with Crippen LogP contribution >= 0.6 is 11.8 Å². The average molecular weight is 314 g/mol. The Labute approximate surface area is 130 Å². The van der Waals surface area contributed by atoms with E-state index in [4.69, 9.17) is 0 Å². The quantitative estimate of drug-likeness (QED) is 0.817. The van der Waals surface area contributed by atoms with Crippen LogP contribution in [0.25, 0.3) is 0 Å². The molecule has 2 N–H and O–H groups in total. The summed E-state index contributed by atoms with van der Waals surface area (Å²) < 4.78 is 0. The number of rotatable bonds is 5. The van der Waals surface area contributed by atoms with Gasteiger partial charge in [0, 0.05) is 19.6 Å². The summed E-state index contributed by atoms with van der Waals surface area (Å²) in [6.07, 6.45) is 4.10. The monoisotopic (exact) mass is 314 g/mol. The Bertz CT molecular complexity index is 381. The molecule has 2 unspecified atom stereocenters. The maximum Gasteiger partial charge on any atom is 0.317 e. The second kappa shape index (κ2) is 7.38. The van der Waals surface area contributed by atoms with E-state index >= 15 is 0 Å². The molecule has 0 saturated carbocycles. The van der Waals surface area contributed by atoms with Gasteiger partial charge in [0.25, 0.3) is 0 Å². The molecule has 0 aromatic rings. The van der Waals surface area contributed by atoms with E-state index in [9.17, 15) is 14.7 Å². The van der Waals surface area contributed by atoms with Crippen molar-refractivity contribution in [3.05, 3.63) is 0 Å². The van der Waals surface area contributed by atoms with Gasteiger partial charge >= 0.3 is 12.0 Å². The molecule has 2 aliphatic rings. The van der Waals surface area contributed by atoms with Gasteiger partial charge in [0.1, 0.15) is 0 Å². The Morgan fingerprint density at radius 1 is 1.48 bits per heavy atom. The Morgan fingerprint density at radius 3 is 2.90 bits per heavy atom. The van der Waals surface area contributed by atoms with Gasteiger partial charge in [0.05, 0.1) is 5.41 Å². The fourth-order valence-electron chi connectivity index (χ4n) is 3.36. The van der Waals surface area contributed by atoms with Crippen molar-refractivity contribution in [2.75, 3.05) is 31.1 Å². The van der Waals surface area contributed by atoms with Gasteiger partial charge in [-0.05, 0) is 43.1 Å². The molecular formula is C15H26N2O3S. The van der Waals surface area contributed by atoms with Crippen molar-refractivity contribution in [3.63, 3.8) is 0 Å². The number of likely N-dealkylation sites (tertiary alicyclic amines) is 1. The number of urea groups is 1. The summed E-state index contributed by atoms with van der Waals surface area (Å²) in [5.41, 5.74) is -0.743. The SMILES string of the molecule is CCCC1(C(=O)O)CCCN(C(=O)NCC2CCSC2)C1. The zero-order valence-electron chi connectivity index (χ0n) is 12.8. The van der Waals surface area contributed by atoms with Crippen LogP contribution in [0.2, 0.25) is 0 Å². The first-order valence-corrected chi connectivity index (χ1v) is 9.07. The van der Waals surface area contributed by atoms with Crippen LogP contribution in [0.4, 0.5) is 4.79 Å². The number of carboxylic acid groups (broad SMARTS) is 1. The van der Waals surface area contributed by atoms with Crippen LogP contribution in [0.3, 0.4) is 0 Å². The normalized spacial score (nSPS) is 29.4. The van der Waals surface area contributed by atoms with Gasteiger partial charge in [-0.15, -0.1) is 0 Å². The van der Waals surface area contributed by atoms with E-state index < -0.39 is 11.4 Å². The van der Waals surface area contributed by atoms with Crippen LogP contribution in [0.1, 0.15) is 39.0 Å². The van der Waals surface area contributed by atoms with Crippen molar-refractivity contribution in [2.24, 2.45) is 11.3 Å². The van der Waals surface area contributed by atoms with Gasteiger partial charge in [-0.1, -0.05) is 13.3 Å².